The van der Waals surface area contributed by atoms with Crippen LogP contribution in [-0.2, 0) is 4.79 Å². The molecule has 0 fully saturated rings. The zero-order chi connectivity index (χ0) is 6.69. The molecule has 1 rings (SSSR count). The first-order valence-electron chi connectivity index (χ1n) is 2.65. The predicted molar refractivity (Wildman–Crippen MR) is 30.8 cm³/mol. The Kier molecular flexibility index (Phi) is 1.58. The van der Waals surface area contributed by atoms with Crippen molar-refractivity contribution in [3.8, 4) is 0 Å². The first-order valence-corrected chi connectivity index (χ1v) is 2.65. The third-order valence-electron chi connectivity index (χ3n) is 0.998. The third kappa shape index (κ3) is 1.13. The molecule has 0 aliphatic carbocycles. The number of nitrogens with zero attached hydrogens (tertiary/aromatic N) is 3. The molecule has 0 radical (unpaired) electrons. The Morgan fingerprint density at radius 2 is 2.11 bits per heavy atom. The first kappa shape index (κ1) is 5.94. The lowest BCUT2D eigenvalue weighted by atomic mass is 10.4. The van der Waals surface area contributed by atoms with Crippen molar-refractivity contribution in [1.29, 1.82) is 0 Å². The van der Waals surface area contributed by atoms with Crippen LogP contribution in [0.15, 0.2) is 12.4 Å². The number of hydrogen-bond acceptors (Lipinski definition) is 3. The summed E-state index contributed by atoms with van der Waals surface area (Å²) in [5, 5.41) is 7.52. The molecule has 0 saturated heterocycles. The number of aldehydes is 1. The van der Waals surface area contributed by atoms with Crippen LogP contribution in [-0.4, -0.2) is 21.3 Å². The van der Waals surface area contributed by atoms with E-state index in [1.165, 1.54) is 4.80 Å². The summed E-state index contributed by atoms with van der Waals surface area (Å²) in [6, 6.07) is -0.250. The molecule has 0 saturated carbocycles. The van der Waals surface area contributed by atoms with E-state index in [2.05, 4.69) is 10.2 Å². The summed E-state index contributed by atoms with van der Waals surface area (Å²) < 4.78 is 0. The molecule has 1 aromatic heterocycles. The first-order chi connectivity index (χ1) is 4.34. The number of rotatable bonds is 2. The van der Waals surface area contributed by atoms with Gasteiger partial charge >= 0.3 is 0 Å². The van der Waals surface area contributed by atoms with Gasteiger partial charge in [-0.25, -0.2) is 0 Å². The summed E-state index contributed by atoms with van der Waals surface area (Å²) in [6.45, 7) is 1.73. The van der Waals surface area contributed by atoms with Crippen LogP contribution < -0.4 is 0 Å². The highest BCUT2D eigenvalue weighted by Crippen LogP contribution is 1.92. The molecule has 48 valence electrons. The second-order valence-corrected chi connectivity index (χ2v) is 1.73. The molecule has 4 nitrogen and oxygen atoms in total. The van der Waals surface area contributed by atoms with Crippen molar-refractivity contribution in [2.75, 3.05) is 0 Å². The lowest BCUT2D eigenvalue weighted by molar-refractivity contribution is -0.110. The van der Waals surface area contributed by atoms with Crippen molar-refractivity contribution in [1.82, 2.24) is 15.0 Å². The van der Waals surface area contributed by atoms with E-state index < -0.39 is 0 Å². The summed E-state index contributed by atoms with van der Waals surface area (Å²) >= 11 is 0. The lowest BCUT2D eigenvalue weighted by Crippen LogP contribution is -2.09. The molecule has 1 unspecified atom stereocenters. The van der Waals surface area contributed by atoms with Gasteiger partial charge in [-0.05, 0) is 6.92 Å². The van der Waals surface area contributed by atoms with E-state index in [1.807, 2.05) is 0 Å². The summed E-state index contributed by atoms with van der Waals surface area (Å²) in [5.41, 5.74) is 0. The van der Waals surface area contributed by atoms with Crippen LogP contribution in [0.2, 0.25) is 0 Å². The standard InChI is InChI=1S/C5H7N3O/c1-5(4-9)8-6-2-3-7-8/h2-5H,1H3. The Hall–Kier alpha value is -1.19. The van der Waals surface area contributed by atoms with E-state index in [1.54, 1.807) is 19.3 Å². The molecular weight excluding hydrogens is 118 g/mol. The number of aromatic nitrogens is 3. The largest absolute Gasteiger partial charge is 0.301 e. The van der Waals surface area contributed by atoms with Gasteiger partial charge in [0.1, 0.15) is 12.3 Å². The van der Waals surface area contributed by atoms with Crippen molar-refractivity contribution >= 4 is 6.29 Å². The van der Waals surface area contributed by atoms with Gasteiger partial charge in [-0.3, -0.25) is 0 Å². The molecule has 1 atom stereocenters. The third-order valence-corrected chi connectivity index (χ3v) is 0.998. The maximum Gasteiger partial charge on any atom is 0.146 e. The number of hydrogen-bond donors (Lipinski definition) is 0. The smallest absolute Gasteiger partial charge is 0.146 e. The van der Waals surface area contributed by atoms with E-state index >= 15 is 0 Å². The van der Waals surface area contributed by atoms with Crippen LogP contribution in [0, 0.1) is 0 Å². The van der Waals surface area contributed by atoms with E-state index in [4.69, 9.17) is 0 Å². The second-order valence-electron chi connectivity index (χ2n) is 1.73. The van der Waals surface area contributed by atoms with Crippen molar-refractivity contribution < 1.29 is 4.79 Å². The molecule has 0 amide bonds. The molecule has 0 aromatic carbocycles. The number of carbonyl (C=O) groups is 1. The molecule has 0 aliphatic rings. The SMILES string of the molecule is CC(C=O)n1nccn1. The highest BCUT2D eigenvalue weighted by atomic mass is 16.1. The minimum absolute atomic E-state index is 0.250. The number of carbonyl (C=O) groups excluding carboxylic acids is 1. The quantitative estimate of drug-likeness (QED) is 0.524. The normalized spacial score (nSPS) is 13.0. The van der Waals surface area contributed by atoms with Crippen LogP contribution in [0.3, 0.4) is 0 Å². The van der Waals surface area contributed by atoms with Crippen molar-refractivity contribution in [3.63, 3.8) is 0 Å². The van der Waals surface area contributed by atoms with Gasteiger partial charge in [0.2, 0.25) is 0 Å². The maximum atomic E-state index is 10.1. The fourth-order valence-electron chi connectivity index (χ4n) is 0.491. The fourth-order valence-corrected chi connectivity index (χ4v) is 0.491. The molecular formula is C5H7N3O. The fraction of sp³-hybridized carbons (Fsp3) is 0.400. The van der Waals surface area contributed by atoms with Crippen LogP contribution in [0.4, 0.5) is 0 Å². The Bertz CT molecular complexity index is 182. The topological polar surface area (TPSA) is 47.8 Å². The monoisotopic (exact) mass is 125 g/mol. The van der Waals surface area contributed by atoms with Gasteiger partial charge in [-0.1, -0.05) is 0 Å². The van der Waals surface area contributed by atoms with E-state index in [-0.39, 0.29) is 6.04 Å². The zero-order valence-corrected chi connectivity index (χ0v) is 5.06. The van der Waals surface area contributed by atoms with Crippen molar-refractivity contribution in [2.24, 2.45) is 0 Å². The van der Waals surface area contributed by atoms with Gasteiger partial charge in [-0.2, -0.15) is 15.0 Å². The Morgan fingerprint density at radius 3 is 2.56 bits per heavy atom. The van der Waals surface area contributed by atoms with E-state index in [9.17, 15) is 4.79 Å². The molecule has 0 N–H and O–H groups in total. The van der Waals surface area contributed by atoms with Crippen molar-refractivity contribution in [2.45, 2.75) is 13.0 Å². The highest BCUT2D eigenvalue weighted by Gasteiger charge is 2.00. The molecule has 9 heavy (non-hydrogen) atoms. The van der Waals surface area contributed by atoms with Gasteiger partial charge in [0.05, 0.1) is 12.4 Å². The molecule has 0 bridgehead atoms. The van der Waals surface area contributed by atoms with Crippen LogP contribution in [0.5, 0.6) is 0 Å². The molecule has 0 spiro atoms. The predicted octanol–water partition coefficient (Wildman–Crippen LogP) is 0.0380. The second kappa shape index (κ2) is 2.39. The summed E-state index contributed by atoms with van der Waals surface area (Å²) in [4.78, 5) is 11.5. The van der Waals surface area contributed by atoms with Crippen LogP contribution >= 0.6 is 0 Å². The average molecular weight is 125 g/mol. The maximum absolute atomic E-state index is 10.1. The van der Waals surface area contributed by atoms with Gasteiger partial charge in [0.15, 0.2) is 0 Å². The zero-order valence-electron chi connectivity index (χ0n) is 5.06. The lowest BCUT2D eigenvalue weighted by Gasteiger charge is -1.98. The molecule has 0 aliphatic heterocycles. The molecule has 1 aromatic rings. The van der Waals surface area contributed by atoms with Crippen molar-refractivity contribution in [3.05, 3.63) is 12.4 Å². The van der Waals surface area contributed by atoms with Crippen LogP contribution in [0.1, 0.15) is 13.0 Å². The minimum Gasteiger partial charge on any atom is -0.301 e. The van der Waals surface area contributed by atoms with E-state index in [0.29, 0.717) is 0 Å². The summed E-state index contributed by atoms with van der Waals surface area (Å²) in [7, 11) is 0. The van der Waals surface area contributed by atoms with Gasteiger partial charge in [0.25, 0.3) is 0 Å². The van der Waals surface area contributed by atoms with Crippen LogP contribution in [0.25, 0.3) is 0 Å². The summed E-state index contributed by atoms with van der Waals surface area (Å²) in [6.07, 6.45) is 3.88. The Balaban J connectivity index is 2.76. The van der Waals surface area contributed by atoms with Gasteiger partial charge in [0, 0.05) is 0 Å². The highest BCUT2D eigenvalue weighted by molar-refractivity contribution is 5.54. The Morgan fingerprint density at radius 1 is 1.56 bits per heavy atom. The minimum atomic E-state index is -0.250. The van der Waals surface area contributed by atoms with Gasteiger partial charge < -0.3 is 4.79 Å². The average Bonchev–Trinajstić information content (AvgIpc) is 2.37. The summed E-state index contributed by atoms with van der Waals surface area (Å²) in [5.74, 6) is 0. The van der Waals surface area contributed by atoms with Gasteiger partial charge in [-0.15, -0.1) is 0 Å². The molecule has 4 heteroatoms. The van der Waals surface area contributed by atoms with E-state index in [0.717, 1.165) is 6.29 Å². The Labute approximate surface area is 52.5 Å². The molecule has 1 heterocycles.